The van der Waals surface area contributed by atoms with E-state index in [1.807, 2.05) is 6.08 Å². The van der Waals surface area contributed by atoms with E-state index in [2.05, 4.69) is 67.8 Å². The molecule has 0 radical (unpaired) electrons. The quantitative estimate of drug-likeness (QED) is 0.0274. The average Bonchev–Trinajstić information content (AvgIpc) is 3.55. The van der Waals surface area contributed by atoms with Gasteiger partial charge in [-0.05, 0) is 70.6 Å². The molecule has 3 heterocycles. The highest BCUT2D eigenvalue weighted by molar-refractivity contribution is 5.76. The van der Waals surface area contributed by atoms with Gasteiger partial charge < -0.3 is 89.9 Å². The minimum absolute atomic E-state index is 0.213. The molecule has 0 aromatic rings. The Kier molecular flexibility index (Phi) is 38.7. The summed E-state index contributed by atoms with van der Waals surface area (Å²) in [5.74, 6) is -0.307. The maximum atomic E-state index is 13.3. The van der Waals surface area contributed by atoms with Crippen LogP contribution in [-0.4, -0.2) is 193 Å². The molecule has 0 aromatic heterocycles. The third-order valence-electron chi connectivity index (χ3n) is 14.7. The first kappa shape index (κ1) is 70.8. The Bertz CT molecular complexity index is 1680. The normalized spacial score (nSPS) is 30.7. The molecular weight excluding hydrogens is 1020 g/mol. The second kappa shape index (κ2) is 43.2. The van der Waals surface area contributed by atoms with Gasteiger partial charge in [-0.3, -0.25) is 4.79 Å². The number of ether oxygens (including phenoxy) is 6. The average molecular weight is 1130 g/mol. The van der Waals surface area contributed by atoms with E-state index in [9.17, 15) is 61.0 Å². The summed E-state index contributed by atoms with van der Waals surface area (Å²) in [5.41, 5.74) is 0. The smallest absolute Gasteiger partial charge is 0.220 e. The highest BCUT2D eigenvalue weighted by Crippen LogP contribution is 2.33. The lowest BCUT2D eigenvalue weighted by atomic mass is 9.96. The summed E-state index contributed by atoms with van der Waals surface area (Å²) >= 11 is 0. The lowest BCUT2D eigenvalue weighted by Crippen LogP contribution is -2.66. The molecular formula is C60H105NO18. The molecule has 1 amide bonds. The van der Waals surface area contributed by atoms with Gasteiger partial charge in [0.1, 0.15) is 73.2 Å². The van der Waals surface area contributed by atoms with Crippen molar-refractivity contribution in [1.29, 1.82) is 0 Å². The van der Waals surface area contributed by atoms with E-state index >= 15 is 0 Å². The Labute approximate surface area is 471 Å². The fraction of sp³-hybridized carbons (Fsp3) is 0.817. The molecule has 0 aliphatic carbocycles. The van der Waals surface area contributed by atoms with Crippen LogP contribution < -0.4 is 5.32 Å². The fourth-order valence-electron chi connectivity index (χ4n) is 9.79. The Hall–Kier alpha value is -2.51. The van der Waals surface area contributed by atoms with E-state index < -0.39 is 124 Å². The molecule has 0 aromatic carbocycles. The van der Waals surface area contributed by atoms with Crippen LogP contribution in [-0.2, 0) is 33.2 Å². The van der Waals surface area contributed by atoms with Crippen LogP contribution in [0.15, 0.2) is 60.8 Å². The van der Waals surface area contributed by atoms with Crippen LogP contribution in [0.4, 0.5) is 0 Å². The number of rotatable bonds is 43. The number of aliphatic hydroxyl groups is 11. The summed E-state index contributed by atoms with van der Waals surface area (Å²) in [7, 11) is 0. The molecule has 0 bridgehead atoms. The van der Waals surface area contributed by atoms with Crippen LogP contribution in [0.5, 0.6) is 0 Å². The van der Waals surface area contributed by atoms with Crippen LogP contribution >= 0.6 is 0 Å². The molecule has 3 saturated heterocycles. The molecule has 17 unspecified atom stereocenters. The molecule has 19 heteroatoms. The third-order valence-corrected chi connectivity index (χ3v) is 14.7. The van der Waals surface area contributed by atoms with Crippen molar-refractivity contribution in [2.24, 2.45) is 0 Å². The van der Waals surface area contributed by atoms with E-state index in [0.29, 0.717) is 12.8 Å². The molecule has 79 heavy (non-hydrogen) atoms. The van der Waals surface area contributed by atoms with E-state index in [0.717, 1.165) is 77.0 Å². The van der Waals surface area contributed by atoms with Gasteiger partial charge in [0.2, 0.25) is 5.91 Å². The van der Waals surface area contributed by atoms with Crippen molar-refractivity contribution in [3.8, 4) is 0 Å². The topological polar surface area (TPSA) is 307 Å². The second-order valence-corrected chi connectivity index (χ2v) is 21.4. The molecule has 458 valence electrons. The highest BCUT2D eigenvalue weighted by Gasteiger charge is 2.53. The van der Waals surface area contributed by atoms with Crippen molar-refractivity contribution in [2.75, 3.05) is 26.4 Å². The van der Waals surface area contributed by atoms with Gasteiger partial charge >= 0.3 is 0 Å². The Morgan fingerprint density at radius 2 is 0.873 bits per heavy atom. The minimum atomic E-state index is -1.98. The summed E-state index contributed by atoms with van der Waals surface area (Å²) in [6.45, 7) is 1.60. The number of allylic oxidation sites excluding steroid dienone is 9. The number of hydrogen-bond acceptors (Lipinski definition) is 18. The van der Waals surface area contributed by atoms with Gasteiger partial charge in [0.25, 0.3) is 0 Å². The molecule has 3 fully saturated rings. The first-order chi connectivity index (χ1) is 38.3. The summed E-state index contributed by atoms with van der Waals surface area (Å²) in [6.07, 6.45) is 22.1. The predicted molar refractivity (Wildman–Crippen MR) is 300 cm³/mol. The van der Waals surface area contributed by atoms with Gasteiger partial charge in [0, 0.05) is 6.42 Å². The Balaban J connectivity index is 1.52. The Morgan fingerprint density at radius 3 is 1.39 bits per heavy atom. The maximum Gasteiger partial charge on any atom is 0.220 e. The van der Waals surface area contributed by atoms with E-state index in [1.54, 1.807) is 6.08 Å². The molecule has 3 rings (SSSR count). The van der Waals surface area contributed by atoms with Crippen molar-refractivity contribution < 1.29 is 89.4 Å². The minimum Gasteiger partial charge on any atom is -0.394 e. The van der Waals surface area contributed by atoms with Gasteiger partial charge in [0.15, 0.2) is 18.9 Å². The lowest BCUT2D eigenvalue weighted by molar-refractivity contribution is -0.379. The zero-order chi connectivity index (χ0) is 57.6. The molecule has 12 N–H and O–H groups in total. The zero-order valence-electron chi connectivity index (χ0n) is 47.6. The second-order valence-electron chi connectivity index (χ2n) is 21.4. The van der Waals surface area contributed by atoms with E-state index in [1.165, 1.54) is 70.6 Å². The van der Waals surface area contributed by atoms with Crippen molar-refractivity contribution in [3.05, 3.63) is 60.8 Å². The highest BCUT2D eigenvalue weighted by atomic mass is 16.8. The van der Waals surface area contributed by atoms with Crippen LogP contribution in [0.3, 0.4) is 0 Å². The van der Waals surface area contributed by atoms with Crippen LogP contribution in [0.2, 0.25) is 0 Å². The van der Waals surface area contributed by atoms with E-state index in [4.69, 9.17) is 28.4 Å². The number of aliphatic hydroxyl groups excluding tert-OH is 11. The summed E-state index contributed by atoms with van der Waals surface area (Å²) in [6, 6.07) is -1.00. The number of hydrogen-bond donors (Lipinski definition) is 12. The zero-order valence-corrected chi connectivity index (χ0v) is 47.6. The Morgan fingerprint density at radius 1 is 0.456 bits per heavy atom. The molecule has 17 atom stereocenters. The molecule has 0 spiro atoms. The largest absolute Gasteiger partial charge is 0.394 e. The van der Waals surface area contributed by atoms with Crippen LogP contribution in [0, 0.1) is 0 Å². The van der Waals surface area contributed by atoms with Crippen LogP contribution in [0.1, 0.15) is 181 Å². The van der Waals surface area contributed by atoms with Gasteiger partial charge in [-0.2, -0.15) is 0 Å². The SMILES string of the molecule is CCC/C=C\C/C=C\CCCCCCCC(=O)NC(COC1OC(CO)C(OC2OC(CO)C(OC3OC(CO)C(O)C(O)C3O)C(O)C2O)C(O)C1O)C(O)/C=C/CC/C=C/CC/C=C/CCCCCCCCCCCCC. The van der Waals surface area contributed by atoms with Crippen molar-refractivity contribution in [1.82, 2.24) is 5.32 Å². The number of nitrogens with one attached hydrogen (secondary N) is 1. The predicted octanol–water partition coefficient (Wildman–Crippen LogP) is 5.26. The van der Waals surface area contributed by atoms with E-state index in [-0.39, 0.29) is 18.9 Å². The summed E-state index contributed by atoms with van der Waals surface area (Å²) in [5, 5.41) is 120. The summed E-state index contributed by atoms with van der Waals surface area (Å²) in [4.78, 5) is 13.3. The monoisotopic (exact) mass is 1130 g/mol. The van der Waals surface area contributed by atoms with Gasteiger partial charge in [0.05, 0.1) is 38.6 Å². The third kappa shape index (κ3) is 27.2. The van der Waals surface area contributed by atoms with Crippen LogP contribution in [0.25, 0.3) is 0 Å². The van der Waals surface area contributed by atoms with Crippen molar-refractivity contribution in [2.45, 2.75) is 285 Å². The molecule has 3 aliphatic rings. The molecule has 3 aliphatic heterocycles. The van der Waals surface area contributed by atoms with Gasteiger partial charge in [-0.25, -0.2) is 0 Å². The first-order valence-corrected chi connectivity index (χ1v) is 30.0. The summed E-state index contributed by atoms with van der Waals surface area (Å²) < 4.78 is 34.2. The number of carbonyl (C=O) groups excluding carboxylic acids is 1. The van der Waals surface area contributed by atoms with Gasteiger partial charge in [-0.15, -0.1) is 0 Å². The molecule has 0 saturated carbocycles. The number of unbranched alkanes of at least 4 members (excludes halogenated alkanes) is 19. The lowest BCUT2D eigenvalue weighted by Gasteiger charge is -2.48. The standard InChI is InChI=1S/C60H105NO18/c1-3-5-7-9-11-13-15-17-18-19-20-21-22-23-24-26-27-29-31-33-35-37-44(65)43(61-48(66)38-36-34-32-30-28-25-16-14-12-10-8-6-4-2)42-74-58-54(72)51(69)56(46(40-63)76-58)79-60-55(73)52(70)57(47(41-64)77-60)78-59-53(71)50(68)49(67)45(39-62)75-59/h8,10,14,16,22-23,27,29,35,37,43-47,49-60,62-65,67-73H,3-7,9,11-13,15,17-21,24-26,28,30-34,36,38-42H2,1-2H3,(H,61,66)/b10-8-,16-14-,23-22+,29-27+,37-35+. The van der Waals surface area contributed by atoms with Gasteiger partial charge in [-0.1, -0.05) is 164 Å². The fourth-order valence-corrected chi connectivity index (χ4v) is 9.79. The van der Waals surface area contributed by atoms with Crippen molar-refractivity contribution in [3.63, 3.8) is 0 Å². The number of amides is 1. The number of carbonyl (C=O) groups is 1. The first-order valence-electron chi connectivity index (χ1n) is 30.0. The molecule has 19 nitrogen and oxygen atoms in total. The maximum absolute atomic E-state index is 13.3. The van der Waals surface area contributed by atoms with Crippen molar-refractivity contribution >= 4 is 5.91 Å².